The maximum absolute atomic E-state index is 11.0. The monoisotopic (exact) mass is 165 g/mol. The Kier molecular flexibility index (Phi) is 2.38. The largest absolute Gasteiger partial charge is 0.384 e. The number of hydrogen-bond acceptors (Lipinski definition) is 4. The number of ketones is 1. The average molecular weight is 165 g/mol. The zero-order chi connectivity index (χ0) is 9.14. The Morgan fingerprint density at radius 3 is 2.75 bits per heavy atom. The molecule has 0 aromatic carbocycles. The predicted molar refractivity (Wildman–Crippen MR) is 45.5 cm³/mol. The molecule has 1 aromatic heterocycles. The Bertz CT molecular complexity index is 298. The van der Waals surface area contributed by atoms with E-state index in [1.165, 1.54) is 13.3 Å². The van der Waals surface area contributed by atoms with E-state index in [-0.39, 0.29) is 11.7 Å². The van der Waals surface area contributed by atoms with Gasteiger partial charge in [-0.1, -0.05) is 0 Å². The molecule has 1 aromatic rings. The molecule has 1 heterocycles. The van der Waals surface area contributed by atoms with E-state index in [4.69, 9.17) is 5.73 Å². The van der Waals surface area contributed by atoms with Crippen LogP contribution in [0.5, 0.6) is 0 Å². The minimum atomic E-state index is -0.199. The number of nitrogen functional groups attached to an aromatic ring is 1. The van der Waals surface area contributed by atoms with Gasteiger partial charge in [-0.15, -0.1) is 0 Å². The normalized spacial score (nSPS) is 12.5. The van der Waals surface area contributed by atoms with Crippen molar-refractivity contribution < 1.29 is 4.79 Å². The van der Waals surface area contributed by atoms with Gasteiger partial charge in [-0.05, 0) is 13.8 Å². The summed E-state index contributed by atoms with van der Waals surface area (Å²) >= 11 is 0. The Morgan fingerprint density at radius 2 is 2.25 bits per heavy atom. The van der Waals surface area contributed by atoms with Crippen molar-refractivity contribution in [3.8, 4) is 0 Å². The number of nitrogens with zero attached hydrogens (tertiary/aromatic N) is 2. The Hall–Kier alpha value is -1.45. The molecule has 0 amide bonds. The van der Waals surface area contributed by atoms with Gasteiger partial charge in [-0.3, -0.25) is 4.79 Å². The minimum absolute atomic E-state index is 0.0769. The molecule has 0 fully saturated rings. The lowest BCUT2D eigenvalue weighted by atomic mass is 10.0. The van der Waals surface area contributed by atoms with Crippen molar-refractivity contribution in [3.05, 3.63) is 18.1 Å². The maximum Gasteiger partial charge on any atom is 0.138 e. The molecule has 4 heteroatoms. The molecule has 4 nitrogen and oxygen atoms in total. The first-order valence-corrected chi connectivity index (χ1v) is 3.69. The number of nitrogens with two attached hydrogens (primary N) is 1. The fourth-order valence-corrected chi connectivity index (χ4v) is 0.833. The van der Waals surface area contributed by atoms with Crippen molar-refractivity contribution in [2.45, 2.75) is 19.8 Å². The summed E-state index contributed by atoms with van der Waals surface area (Å²) in [5.74, 6) is 0.275. The van der Waals surface area contributed by atoms with Crippen molar-refractivity contribution in [1.29, 1.82) is 0 Å². The molecule has 0 aliphatic heterocycles. The fourth-order valence-electron chi connectivity index (χ4n) is 0.833. The lowest BCUT2D eigenvalue weighted by Gasteiger charge is -2.05. The van der Waals surface area contributed by atoms with Crippen molar-refractivity contribution in [2.24, 2.45) is 0 Å². The maximum atomic E-state index is 11.0. The number of carbonyl (C=O) groups is 1. The summed E-state index contributed by atoms with van der Waals surface area (Å²) in [7, 11) is 0. The van der Waals surface area contributed by atoms with Gasteiger partial charge in [0, 0.05) is 6.07 Å². The highest BCUT2D eigenvalue weighted by Crippen LogP contribution is 2.13. The summed E-state index contributed by atoms with van der Waals surface area (Å²) in [5, 5.41) is 0. The van der Waals surface area contributed by atoms with Crippen LogP contribution in [0.15, 0.2) is 12.4 Å². The molecular formula is C8H11N3O. The molecule has 1 unspecified atom stereocenters. The van der Waals surface area contributed by atoms with Gasteiger partial charge in [0.05, 0.1) is 11.6 Å². The van der Waals surface area contributed by atoms with Gasteiger partial charge in [0.15, 0.2) is 0 Å². The van der Waals surface area contributed by atoms with Crippen LogP contribution in [0.2, 0.25) is 0 Å². The van der Waals surface area contributed by atoms with Crippen LogP contribution < -0.4 is 5.73 Å². The first-order chi connectivity index (χ1) is 5.61. The van der Waals surface area contributed by atoms with Crippen LogP contribution in [0.25, 0.3) is 0 Å². The van der Waals surface area contributed by atoms with E-state index in [9.17, 15) is 4.79 Å². The van der Waals surface area contributed by atoms with Crippen LogP contribution >= 0.6 is 0 Å². The zero-order valence-electron chi connectivity index (χ0n) is 7.11. The van der Waals surface area contributed by atoms with E-state index in [0.717, 1.165) is 0 Å². The summed E-state index contributed by atoms with van der Waals surface area (Å²) in [6, 6.07) is 1.62. The number of anilines is 1. The topological polar surface area (TPSA) is 68.9 Å². The van der Waals surface area contributed by atoms with Crippen LogP contribution in [0.4, 0.5) is 5.82 Å². The van der Waals surface area contributed by atoms with Crippen LogP contribution in [-0.4, -0.2) is 15.8 Å². The third-order valence-electron chi connectivity index (χ3n) is 1.76. The van der Waals surface area contributed by atoms with Crippen LogP contribution in [-0.2, 0) is 4.79 Å². The number of aromatic nitrogens is 2. The highest BCUT2D eigenvalue weighted by molar-refractivity contribution is 5.82. The number of rotatable bonds is 2. The van der Waals surface area contributed by atoms with E-state index < -0.39 is 0 Å². The molecule has 0 aliphatic carbocycles. The molecule has 2 N–H and O–H groups in total. The van der Waals surface area contributed by atoms with Gasteiger partial charge in [0.25, 0.3) is 0 Å². The third-order valence-corrected chi connectivity index (χ3v) is 1.76. The first-order valence-electron chi connectivity index (χ1n) is 3.69. The van der Waals surface area contributed by atoms with Crippen molar-refractivity contribution in [3.63, 3.8) is 0 Å². The quantitative estimate of drug-likeness (QED) is 0.702. The predicted octanol–water partition coefficient (Wildman–Crippen LogP) is 0.751. The third kappa shape index (κ3) is 1.78. The lowest BCUT2D eigenvalue weighted by molar-refractivity contribution is -0.118. The highest BCUT2D eigenvalue weighted by atomic mass is 16.1. The smallest absolute Gasteiger partial charge is 0.138 e. The Labute approximate surface area is 70.8 Å². The summed E-state index contributed by atoms with van der Waals surface area (Å²) in [6.07, 6.45) is 1.37. The Balaban J connectivity index is 2.95. The van der Waals surface area contributed by atoms with Crippen molar-refractivity contribution >= 4 is 11.6 Å². The first kappa shape index (κ1) is 8.64. The molecule has 1 atom stereocenters. The molecule has 0 saturated heterocycles. The molecule has 0 saturated carbocycles. The molecule has 0 radical (unpaired) electrons. The molecular weight excluding hydrogens is 154 g/mol. The van der Waals surface area contributed by atoms with E-state index in [0.29, 0.717) is 11.5 Å². The molecule has 0 spiro atoms. The molecule has 64 valence electrons. The van der Waals surface area contributed by atoms with Gasteiger partial charge in [-0.25, -0.2) is 9.97 Å². The molecule has 0 bridgehead atoms. The molecule has 1 rings (SSSR count). The molecule has 12 heavy (non-hydrogen) atoms. The Morgan fingerprint density at radius 1 is 1.58 bits per heavy atom. The second-order valence-electron chi connectivity index (χ2n) is 2.70. The van der Waals surface area contributed by atoms with Gasteiger partial charge in [-0.2, -0.15) is 0 Å². The SMILES string of the molecule is CC(=O)C(C)c1cc(N)ncn1. The number of Topliss-reactive ketones (excluding diaryl/α,β-unsaturated/α-hetero) is 1. The van der Waals surface area contributed by atoms with E-state index in [1.807, 2.05) is 0 Å². The highest BCUT2D eigenvalue weighted by Gasteiger charge is 2.11. The number of hydrogen-bond donors (Lipinski definition) is 1. The lowest BCUT2D eigenvalue weighted by Crippen LogP contribution is -2.07. The van der Waals surface area contributed by atoms with Crippen molar-refractivity contribution in [2.75, 3.05) is 5.73 Å². The van der Waals surface area contributed by atoms with E-state index in [1.54, 1.807) is 13.0 Å². The van der Waals surface area contributed by atoms with Gasteiger partial charge in [0.1, 0.15) is 17.9 Å². The summed E-state index contributed by atoms with van der Waals surface area (Å²) in [6.45, 7) is 3.33. The van der Waals surface area contributed by atoms with Crippen molar-refractivity contribution in [1.82, 2.24) is 9.97 Å². The van der Waals surface area contributed by atoms with Gasteiger partial charge < -0.3 is 5.73 Å². The van der Waals surface area contributed by atoms with E-state index >= 15 is 0 Å². The zero-order valence-corrected chi connectivity index (χ0v) is 7.11. The van der Waals surface area contributed by atoms with Crippen LogP contribution in [0.3, 0.4) is 0 Å². The summed E-state index contributed by atoms with van der Waals surface area (Å²) < 4.78 is 0. The minimum Gasteiger partial charge on any atom is -0.384 e. The average Bonchev–Trinajstić information content (AvgIpc) is 2.03. The van der Waals surface area contributed by atoms with Crippen LogP contribution in [0.1, 0.15) is 25.5 Å². The fraction of sp³-hybridized carbons (Fsp3) is 0.375. The standard InChI is InChI=1S/C8H11N3O/c1-5(6(2)12)7-3-8(9)11-4-10-7/h3-5H,1-2H3,(H2,9,10,11). The second-order valence-corrected chi connectivity index (χ2v) is 2.70. The number of carbonyl (C=O) groups excluding carboxylic acids is 1. The summed E-state index contributed by atoms with van der Waals surface area (Å²) in [5.41, 5.74) is 6.11. The summed E-state index contributed by atoms with van der Waals surface area (Å²) in [4.78, 5) is 18.6. The molecule has 0 aliphatic rings. The van der Waals surface area contributed by atoms with Crippen LogP contribution in [0, 0.1) is 0 Å². The van der Waals surface area contributed by atoms with E-state index in [2.05, 4.69) is 9.97 Å². The van der Waals surface area contributed by atoms with Gasteiger partial charge >= 0.3 is 0 Å². The van der Waals surface area contributed by atoms with Gasteiger partial charge in [0.2, 0.25) is 0 Å². The second kappa shape index (κ2) is 3.30.